The minimum absolute atomic E-state index is 0.620. The Hall–Kier alpha value is -1.55. The van der Waals surface area contributed by atoms with Crippen LogP contribution in [-0.4, -0.2) is 18.1 Å². The summed E-state index contributed by atoms with van der Waals surface area (Å²) in [7, 11) is 0. The molecule has 4 heteroatoms. The van der Waals surface area contributed by atoms with Crippen LogP contribution in [0.15, 0.2) is 29.6 Å². The van der Waals surface area contributed by atoms with E-state index < -0.39 is 0 Å². The van der Waals surface area contributed by atoms with E-state index in [4.69, 9.17) is 5.73 Å². The van der Waals surface area contributed by atoms with Gasteiger partial charge in [0.15, 0.2) is 5.13 Å². The van der Waals surface area contributed by atoms with Gasteiger partial charge in [0.2, 0.25) is 0 Å². The Morgan fingerprint density at radius 1 is 1.24 bits per heavy atom. The summed E-state index contributed by atoms with van der Waals surface area (Å²) in [6.07, 6.45) is 0. The number of rotatable bonds is 4. The van der Waals surface area contributed by atoms with Gasteiger partial charge in [0.05, 0.1) is 5.69 Å². The topological polar surface area (TPSA) is 42.1 Å². The molecule has 90 valence electrons. The third-order valence-electron chi connectivity index (χ3n) is 2.81. The number of thiazole rings is 1. The van der Waals surface area contributed by atoms with Gasteiger partial charge in [-0.1, -0.05) is 18.2 Å². The van der Waals surface area contributed by atoms with E-state index in [0.717, 1.165) is 24.3 Å². The molecule has 2 rings (SSSR count). The van der Waals surface area contributed by atoms with E-state index in [1.165, 1.54) is 17.0 Å². The zero-order chi connectivity index (χ0) is 12.3. The predicted octanol–water partition coefficient (Wildman–Crippen LogP) is 3.24. The lowest BCUT2D eigenvalue weighted by Crippen LogP contribution is -2.22. The van der Waals surface area contributed by atoms with Crippen LogP contribution in [0, 0.1) is 0 Å². The molecule has 0 aliphatic rings. The zero-order valence-electron chi connectivity index (χ0n) is 10.2. The van der Waals surface area contributed by atoms with Crippen LogP contribution in [0.3, 0.4) is 0 Å². The van der Waals surface area contributed by atoms with Crippen LogP contribution in [0.4, 0.5) is 10.8 Å². The quantitative estimate of drug-likeness (QED) is 0.902. The lowest BCUT2D eigenvalue weighted by atomic mass is 10.1. The standard InChI is InChI=1S/C13H17N3S/c1-3-16(4-2)12-8-6-5-7-10(12)11-9-17-13(14)15-11/h5-9H,3-4H2,1-2H3,(H2,14,15). The van der Waals surface area contributed by atoms with Crippen molar-refractivity contribution < 1.29 is 0 Å². The molecule has 1 heterocycles. The van der Waals surface area contributed by atoms with Crippen LogP contribution in [0.5, 0.6) is 0 Å². The Labute approximate surface area is 106 Å². The van der Waals surface area contributed by atoms with Gasteiger partial charge in [-0.15, -0.1) is 11.3 Å². The molecule has 0 radical (unpaired) electrons. The molecule has 0 saturated carbocycles. The summed E-state index contributed by atoms with van der Waals surface area (Å²) in [4.78, 5) is 6.69. The third kappa shape index (κ3) is 2.42. The largest absolute Gasteiger partial charge is 0.375 e. The maximum atomic E-state index is 5.70. The molecule has 0 saturated heterocycles. The number of nitrogens with zero attached hydrogens (tertiary/aromatic N) is 2. The second kappa shape index (κ2) is 5.19. The maximum Gasteiger partial charge on any atom is 0.180 e. The summed E-state index contributed by atoms with van der Waals surface area (Å²) in [5, 5.41) is 2.63. The number of hydrogen-bond donors (Lipinski definition) is 1. The van der Waals surface area contributed by atoms with Crippen LogP contribution in [-0.2, 0) is 0 Å². The average Bonchev–Trinajstić information content (AvgIpc) is 2.78. The number of anilines is 2. The van der Waals surface area contributed by atoms with Crippen molar-refractivity contribution in [2.75, 3.05) is 23.7 Å². The number of nitrogen functional groups attached to an aromatic ring is 1. The van der Waals surface area contributed by atoms with Gasteiger partial charge in [0.1, 0.15) is 0 Å². The van der Waals surface area contributed by atoms with Gasteiger partial charge in [-0.2, -0.15) is 0 Å². The van der Waals surface area contributed by atoms with Crippen molar-refractivity contribution >= 4 is 22.2 Å². The predicted molar refractivity (Wildman–Crippen MR) is 75.5 cm³/mol. The Balaban J connectivity index is 2.47. The fourth-order valence-electron chi connectivity index (χ4n) is 1.94. The first-order valence-corrected chi connectivity index (χ1v) is 6.69. The molecule has 17 heavy (non-hydrogen) atoms. The number of para-hydroxylation sites is 1. The number of nitrogens with two attached hydrogens (primary N) is 1. The second-order valence-electron chi connectivity index (χ2n) is 3.76. The average molecular weight is 247 g/mol. The van der Waals surface area contributed by atoms with E-state index in [9.17, 15) is 0 Å². The molecule has 0 spiro atoms. The summed E-state index contributed by atoms with van der Waals surface area (Å²) in [6.45, 7) is 6.31. The molecule has 0 bridgehead atoms. The first-order valence-electron chi connectivity index (χ1n) is 5.81. The SMILES string of the molecule is CCN(CC)c1ccccc1-c1csc(N)n1. The van der Waals surface area contributed by atoms with Crippen LogP contribution >= 0.6 is 11.3 Å². The Morgan fingerprint density at radius 2 is 1.94 bits per heavy atom. The minimum Gasteiger partial charge on any atom is -0.375 e. The lowest BCUT2D eigenvalue weighted by molar-refractivity contribution is 0.867. The summed E-state index contributed by atoms with van der Waals surface area (Å²) in [5.74, 6) is 0. The molecule has 2 aromatic rings. The van der Waals surface area contributed by atoms with Gasteiger partial charge in [0, 0.05) is 29.7 Å². The fraction of sp³-hybridized carbons (Fsp3) is 0.308. The van der Waals surface area contributed by atoms with E-state index in [2.05, 4.69) is 41.9 Å². The normalized spacial score (nSPS) is 10.5. The second-order valence-corrected chi connectivity index (χ2v) is 4.65. The number of benzene rings is 1. The van der Waals surface area contributed by atoms with Crippen molar-refractivity contribution in [1.29, 1.82) is 0 Å². The smallest absolute Gasteiger partial charge is 0.180 e. The van der Waals surface area contributed by atoms with Gasteiger partial charge in [0.25, 0.3) is 0 Å². The first kappa shape index (κ1) is 11.9. The highest BCUT2D eigenvalue weighted by atomic mass is 32.1. The highest BCUT2D eigenvalue weighted by Gasteiger charge is 2.11. The van der Waals surface area contributed by atoms with Crippen molar-refractivity contribution in [2.24, 2.45) is 0 Å². The molecule has 0 fully saturated rings. The molecule has 0 aliphatic heterocycles. The van der Waals surface area contributed by atoms with Crippen molar-refractivity contribution in [3.05, 3.63) is 29.6 Å². The van der Waals surface area contributed by atoms with Crippen LogP contribution in [0.25, 0.3) is 11.3 Å². The maximum absolute atomic E-state index is 5.70. The molecule has 0 atom stereocenters. The zero-order valence-corrected chi connectivity index (χ0v) is 11.0. The van der Waals surface area contributed by atoms with Crippen molar-refractivity contribution in [1.82, 2.24) is 4.98 Å². The lowest BCUT2D eigenvalue weighted by Gasteiger charge is -2.23. The van der Waals surface area contributed by atoms with E-state index in [1.807, 2.05) is 11.4 Å². The van der Waals surface area contributed by atoms with Crippen LogP contribution in [0.1, 0.15) is 13.8 Å². The Morgan fingerprint density at radius 3 is 2.53 bits per heavy atom. The highest BCUT2D eigenvalue weighted by Crippen LogP contribution is 2.31. The molecule has 0 amide bonds. The van der Waals surface area contributed by atoms with Gasteiger partial charge in [-0.25, -0.2) is 4.98 Å². The van der Waals surface area contributed by atoms with Gasteiger partial charge in [-0.3, -0.25) is 0 Å². The van der Waals surface area contributed by atoms with Gasteiger partial charge in [-0.05, 0) is 19.9 Å². The van der Waals surface area contributed by atoms with Gasteiger partial charge < -0.3 is 10.6 Å². The van der Waals surface area contributed by atoms with Gasteiger partial charge >= 0.3 is 0 Å². The Kier molecular flexibility index (Phi) is 3.64. The molecule has 0 unspecified atom stereocenters. The molecule has 1 aromatic heterocycles. The summed E-state index contributed by atoms with van der Waals surface area (Å²) < 4.78 is 0. The van der Waals surface area contributed by atoms with Crippen molar-refractivity contribution in [3.63, 3.8) is 0 Å². The molecular formula is C13H17N3S. The molecule has 3 nitrogen and oxygen atoms in total. The number of aromatic nitrogens is 1. The van der Waals surface area contributed by atoms with Crippen LogP contribution in [0.2, 0.25) is 0 Å². The first-order chi connectivity index (χ1) is 8.26. The van der Waals surface area contributed by atoms with Crippen molar-refractivity contribution in [3.8, 4) is 11.3 Å². The molecule has 0 aliphatic carbocycles. The van der Waals surface area contributed by atoms with E-state index in [1.54, 1.807) is 0 Å². The highest BCUT2D eigenvalue weighted by molar-refractivity contribution is 7.13. The fourth-order valence-corrected chi connectivity index (χ4v) is 2.50. The molecule has 2 N–H and O–H groups in total. The molecular weight excluding hydrogens is 230 g/mol. The summed E-state index contributed by atoms with van der Waals surface area (Å²) in [6, 6.07) is 8.34. The summed E-state index contributed by atoms with van der Waals surface area (Å²) >= 11 is 1.48. The van der Waals surface area contributed by atoms with E-state index in [0.29, 0.717) is 5.13 Å². The summed E-state index contributed by atoms with van der Waals surface area (Å²) in [5.41, 5.74) is 9.05. The number of hydrogen-bond acceptors (Lipinski definition) is 4. The van der Waals surface area contributed by atoms with E-state index >= 15 is 0 Å². The van der Waals surface area contributed by atoms with Crippen LogP contribution < -0.4 is 10.6 Å². The van der Waals surface area contributed by atoms with Crippen molar-refractivity contribution in [2.45, 2.75) is 13.8 Å². The monoisotopic (exact) mass is 247 g/mol. The Bertz CT molecular complexity index is 489. The third-order valence-corrected chi connectivity index (χ3v) is 3.48. The van der Waals surface area contributed by atoms with E-state index in [-0.39, 0.29) is 0 Å². The molecule has 1 aromatic carbocycles. The minimum atomic E-state index is 0.620.